The first kappa shape index (κ1) is 9.99. The van der Waals surface area contributed by atoms with Crippen molar-refractivity contribution in [3.05, 3.63) is 29.6 Å². The van der Waals surface area contributed by atoms with Crippen LogP contribution in [0.15, 0.2) is 18.2 Å². The lowest BCUT2D eigenvalue weighted by atomic mass is 10.1. The van der Waals surface area contributed by atoms with Crippen molar-refractivity contribution in [1.29, 1.82) is 0 Å². The fourth-order valence-corrected chi connectivity index (χ4v) is 1.08. The summed E-state index contributed by atoms with van der Waals surface area (Å²) in [6, 6.07) is 4.24. The van der Waals surface area contributed by atoms with E-state index in [-0.39, 0.29) is 5.82 Å². The fourth-order valence-electron chi connectivity index (χ4n) is 1.08. The lowest BCUT2D eigenvalue weighted by Gasteiger charge is -2.08. The van der Waals surface area contributed by atoms with E-state index in [1.165, 1.54) is 12.1 Å². The van der Waals surface area contributed by atoms with E-state index in [0.717, 1.165) is 0 Å². The first-order chi connectivity index (χ1) is 6.13. The molecule has 1 aromatic carbocycles. The zero-order valence-corrected chi connectivity index (χ0v) is 7.75. The summed E-state index contributed by atoms with van der Waals surface area (Å²) in [6.07, 6.45) is -0.671. The minimum atomic E-state index is -0.671. The van der Waals surface area contributed by atoms with E-state index < -0.39 is 6.10 Å². The van der Waals surface area contributed by atoms with Crippen LogP contribution in [0.3, 0.4) is 0 Å². The van der Waals surface area contributed by atoms with Crippen LogP contribution in [-0.4, -0.2) is 11.7 Å². The largest absolute Gasteiger partial charge is 0.494 e. The number of ether oxygens (including phenoxy) is 1. The zero-order chi connectivity index (χ0) is 9.84. The van der Waals surface area contributed by atoms with Gasteiger partial charge in [-0.15, -0.1) is 0 Å². The third-order valence-corrected chi connectivity index (χ3v) is 1.69. The van der Waals surface area contributed by atoms with E-state index >= 15 is 0 Å². The second-order valence-corrected chi connectivity index (χ2v) is 2.83. The summed E-state index contributed by atoms with van der Waals surface area (Å²) in [5, 5.41) is 9.22. The van der Waals surface area contributed by atoms with Crippen LogP contribution < -0.4 is 4.74 Å². The summed E-state index contributed by atoms with van der Waals surface area (Å²) >= 11 is 0. The minimum absolute atomic E-state index is 0.387. The predicted octanol–water partition coefficient (Wildman–Crippen LogP) is 2.28. The third kappa shape index (κ3) is 2.70. The maximum atomic E-state index is 12.9. The molecule has 0 radical (unpaired) electrons. The molecule has 0 aliphatic rings. The summed E-state index contributed by atoms with van der Waals surface area (Å²) in [5.41, 5.74) is 0.531. The molecule has 0 bridgehead atoms. The topological polar surface area (TPSA) is 29.5 Å². The number of hydrogen-bond acceptors (Lipinski definition) is 2. The van der Waals surface area contributed by atoms with Crippen molar-refractivity contribution in [2.75, 3.05) is 6.61 Å². The van der Waals surface area contributed by atoms with Gasteiger partial charge in [-0.25, -0.2) is 4.39 Å². The van der Waals surface area contributed by atoms with Gasteiger partial charge in [0.05, 0.1) is 12.7 Å². The van der Waals surface area contributed by atoms with Gasteiger partial charge in [0.2, 0.25) is 0 Å². The van der Waals surface area contributed by atoms with Crippen LogP contribution in [-0.2, 0) is 0 Å². The van der Waals surface area contributed by atoms with Crippen molar-refractivity contribution in [1.82, 2.24) is 0 Å². The summed E-state index contributed by atoms with van der Waals surface area (Å²) in [5.74, 6) is 0.0697. The van der Waals surface area contributed by atoms with Crippen LogP contribution in [0.4, 0.5) is 4.39 Å². The molecule has 2 nitrogen and oxygen atoms in total. The molecule has 0 amide bonds. The summed E-state index contributed by atoms with van der Waals surface area (Å²) < 4.78 is 18.0. The molecule has 13 heavy (non-hydrogen) atoms. The minimum Gasteiger partial charge on any atom is -0.494 e. The number of aliphatic hydroxyl groups is 1. The molecule has 1 N–H and O–H groups in total. The Kier molecular flexibility index (Phi) is 3.25. The highest BCUT2D eigenvalue weighted by Crippen LogP contribution is 2.21. The van der Waals surface area contributed by atoms with Crippen molar-refractivity contribution in [3.63, 3.8) is 0 Å². The average Bonchev–Trinajstić information content (AvgIpc) is 2.03. The Balaban J connectivity index is 2.96. The Bertz CT molecular complexity index is 284. The van der Waals surface area contributed by atoms with Crippen LogP contribution in [0.5, 0.6) is 5.75 Å². The van der Waals surface area contributed by atoms with Gasteiger partial charge in [0.15, 0.2) is 0 Å². The highest BCUT2D eigenvalue weighted by molar-refractivity contribution is 5.30. The van der Waals surface area contributed by atoms with Crippen LogP contribution in [0, 0.1) is 5.82 Å². The zero-order valence-electron chi connectivity index (χ0n) is 7.75. The third-order valence-electron chi connectivity index (χ3n) is 1.69. The smallest absolute Gasteiger partial charge is 0.127 e. The molecule has 0 spiro atoms. The van der Waals surface area contributed by atoms with Gasteiger partial charge >= 0.3 is 0 Å². The Morgan fingerprint density at radius 2 is 2.15 bits per heavy atom. The Labute approximate surface area is 77.0 Å². The van der Waals surface area contributed by atoms with Gasteiger partial charge in [-0.1, -0.05) is 0 Å². The normalized spacial score (nSPS) is 12.6. The van der Waals surface area contributed by atoms with Crippen molar-refractivity contribution < 1.29 is 14.2 Å². The second-order valence-electron chi connectivity index (χ2n) is 2.83. The van der Waals surface area contributed by atoms with E-state index in [1.54, 1.807) is 13.0 Å². The first-order valence-electron chi connectivity index (χ1n) is 4.25. The van der Waals surface area contributed by atoms with Crippen LogP contribution in [0.25, 0.3) is 0 Å². The molecule has 3 heteroatoms. The molecule has 0 saturated heterocycles. The molecule has 0 saturated carbocycles. The lowest BCUT2D eigenvalue weighted by Crippen LogP contribution is -1.96. The van der Waals surface area contributed by atoms with Gasteiger partial charge in [0.1, 0.15) is 11.6 Å². The second kappa shape index (κ2) is 4.23. The van der Waals surface area contributed by atoms with Gasteiger partial charge in [0.25, 0.3) is 0 Å². The van der Waals surface area contributed by atoms with Gasteiger partial charge < -0.3 is 9.84 Å². The van der Waals surface area contributed by atoms with Gasteiger partial charge in [-0.2, -0.15) is 0 Å². The van der Waals surface area contributed by atoms with Gasteiger partial charge in [-0.3, -0.25) is 0 Å². The van der Waals surface area contributed by atoms with E-state index in [4.69, 9.17) is 4.74 Å². The molecule has 1 aromatic rings. The molecular weight excluding hydrogens is 171 g/mol. The highest BCUT2D eigenvalue weighted by Gasteiger charge is 2.05. The predicted molar refractivity (Wildman–Crippen MR) is 48.2 cm³/mol. The summed E-state index contributed by atoms with van der Waals surface area (Å²) in [7, 11) is 0. The molecule has 0 heterocycles. The molecule has 72 valence electrons. The fraction of sp³-hybridized carbons (Fsp3) is 0.400. The van der Waals surface area contributed by atoms with Gasteiger partial charge in [0, 0.05) is 6.07 Å². The molecule has 0 fully saturated rings. The molecule has 0 aliphatic heterocycles. The number of benzene rings is 1. The number of aliphatic hydroxyl groups excluding tert-OH is 1. The standard InChI is InChI=1S/C10H13FO2/c1-3-13-10-5-8(7(2)12)4-9(11)6-10/h4-7,12H,3H2,1-2H3/t7-/m0/s1. The molecule has 1 atom stereocenters. The van der Waals surface area contributed by atoms with Crippen LogP contribution >= 0.6 is 0 Å². The Morgan fingerprint density at radius 1 is 1.46 bits per heavy atom. The summed E-state index contributed by atoms with van der Waals surface area (Å²) in [4.78, 5) is 0. The van der Waals surface area contributed by atoms with E-state index in [2.05, 4.69) is 0 Å². The molecule has 0 aliphatic carbocycles. The number of halogens is 1. The highest BCUT2D eigenvalue weighted by atomic mass is 19.1. The monoisotopic (exact) mass is 184 g/mol. The average molecular weight is 184 g/mol. The maximum absolute atomic E-state index is 12.9. The van der Waals surface area contributed by atoms with Crippen molar-refractivity contribution in [3.8, 4) is 5.75 Å². The number of rotatable bonds is 3. The van der Waals surface area contributed by atoms with E-state index in [1.807, 2.05) is 6.92 Å². The molecule has 0 unspecified atom stereocenters. The number of hydrogen-bond donors (Lipinski definition) is 1. The first-order valence-corrected chi connectivity index (χ1v) is 4.25. The lowest BCUT2D eigenvalue weighted by molar-refractivity contribution is 0.198. The SMILES string of the molecule is CCOc1cc(F)cc([C@H](C)O)c1. The van der Waals surface area contributed by atoms with Crippen molar-refractivity contribution in [2.45, 2.75) is 20.0 Å². The molecular formula is C10H13FO2. The van der Waals surface area contributed by atoms with Gasteiger partial charge in [-0.05, 0) is 31.5 Å². The Hall–Kier alpha value is -1.09. The van der Waals surface area contributed by atoms with Crippen LogP contribution in [0.2, 0.25) is 0 Å². The summed E-state index contributed by atoms with van der Waals surface area (Å²) in [6.45, 7) is 3.90. The maximum Gasteiger partial charge on any atom is 0.127 e. The Morgan fingerprint density at radius 3 is 2.69 bits per heavy atom. The van der Waals surface area contributed by atoms with Crippen molar-refractivity contribution in [2.24, 2.45) is 0 Å². The van der Waals surface area contributed by atoms with E-state index in [0.29, 0.717) is 17.9 Å². The molecule has 0 aromatic heterocycles. The van der Waals surface area contributed by atoms with Crippen LogP contribution in [0.1, 0.15) is 25.5 Å². The molecule has 1 rings (SSSR count). The van der Waals surface area contributed by atoms with Crippen molar-refractivity contribution >= 4 is 0 Å². The van der Waals surface area contributed by atoms with E-state index in [9.17, 15) is 9.50 Å². The quantitative estimate of drug-likeness (QED) is 0.780.